The van der Waals surface area contributed by atoms with Gasteiger partial charge in [0, 0.05) is 25.7 Å². The lowest BCUT2D eigenvalue weighted by Gasteiger charge is -2.38. The third-order valence-corrected chi connectivity index (χ3v) is 4.01. The maximum atomic E-state index is 12.0. The van der Waals surface area contributed by atoms with Crippen LogP contribution in [0.3, 0.4) is 0 Å². The van der Waals surface area contributed by atoms with E-state index in [1.165, 1.54) is 0 Å². The summed E-state index contributed by atoms with van der Waals surface area (Å²) in [6, 6.07) is 0.262. The molecule has 6 nitrogen and oxygen atoms in total. The molecule has 0 aromatic heterocycles. The number of carbonyl (C=O) groups is 2. The van der Waals surface area contributed by atoms with Crippen LogP contribution in [-0.2, 0) is 14.3 Å². The zero-order valence-corrected chi connectivity index (χ0v) is 11.1. The van der Waals surface area contributed by atoms with Gasteiger partial charge < -0.3 is 15.4 Å². The van der Waals surface area contributed by atoms with E-state index in [0.717, 1.165) is 38.8 Å². The van der Waals surface area contributed by atoms with Crippen molar-refractivity contribution in [3.05, 3.63) is 0 Å². The first-order valence-electron chi connectivity index (χ1n) is 7.18. The molecule has 6 heteroatoms. The Balaban J connectivity index is 1.57. The van der Waals surface area contributed by atoms with Gasteiger partial charge >= 0.3 is 0 Å². The molecule has 1 saturated carbocycles. The molecule has 2 aliphatic heterocycles. The van der Waals surface area contributed by atoms with Crippen LogP contribution >= 0.6 is 0 Å². The van der Waals surface area contributed by atoms with Gasteiger partial charge in [-0.1, -0.05) is 0 Å². The van der Waals surface area contributed by atoms with Crippen molar-refractivity contribution >= 4 is 11.8 Å². The van der Waals surface area contributed by atoms with Crippen LogP contribution in [0.4, 0.5) is 0 Å². The number of amides is 2. The van der Waals surface area contributed by atoms with Crippen molar-refractivity contribution in [1.82, 2.24) is 15.5 Å². The van der Waals surface area contributed by atoms with Crippen LogP contribution in [0.1, 0.15) is 25.7 Å². The SMILES string of the molecule is O=C(NC1CC1)C1CN(C2CCCNC2=O)CCO1. The first-order chi connectivity index (χ1) is 9.24. The Morgan fingerprint density at radius 3 is 2.95 bits per heavy atom. The normalized spacial score (nSPS) is 32.7. The van der Waals surface area contributed by atoms with Crippen molar-refractivity contribution in [2.75, 3.05) is 26.2 Å². The molecular weight excluding hydrogens is 246 g/mol. The van der Waals surface area contributed by atoms with Crippen molar-refractivity contribution in [1.29, 1.82) is 0 Å². The molecular formula is C13H21N3O3. The van der Waals surface area contributed by atoms with Crippen LogP contribution < -0.4 is 10.6 Å². The lowest BCUT2D eigenvalue weighted by molar-refractivity contribution is -0.144. The van der Waals surface area contributed by atoms with E-state index in [1.807, 2.05) is 0 Å². The van der Waals surface area contributed by atoms with Crippen molar-refractivity contribution in [3.8, 4) is 0 Å². The first-order valence-corrected chi connectivity index (χ1v) is 7.18. The molecule has 3 fully saturated rings. The highest BCUT2D eigenvalue weighted by molar-refractivity contribution is 5.83. The molecule has 2 saturated heterocycles. The summed E-state index contributed by atoms with van der Waals surface area (Å²) < 4.78 is 5.54. The average Bonchev–Trinajstić information content (AvgIpc) is 3.23. The molecule has 0 aromatic rings. The molecule has 19 heavy (non-hydrogen) atoms. The predicted octanol–water partition coefficient (Wildman–Crippen LogP) is -0.756. The molecule has 0 aromatic carbocycles. The van der Waals surface area contributed by atoms with Crippen molar-refractivity contribution in [3.63, 3.8) is 0 Å². The van der Waals surface area contributed by atoms with E-state index >= 15 is 0 Å². The summed E-state index contributed by atoms with van der Waals surface area (Å²) in [6.07, 6.45) is 3.61. The maximum absolute atomic E-state index is 12.0. The monoisotopic (exact) mass is 267 g/mol. The summed E-state index contributed by atoms with van der Waals surface area (Å²) in [4.78, 5) is 26.0. The minimum absolute atomic E-state index is 0.0246. The fraction of sp³-hybridized carbons (Fsp3) is 0.846. The van der Waals surface area contributed by atoms with E-state index in [1.54, 1.807) is 0 Å². The number of morpholine rings is 1. The van der Waals surface area contributed by atoms with Gasteiger partial charge in [0.15, 0.2) is 0 Å². The second-order valence-corrected chi connectivity index (χ2v) is 5.59. The van der Waals surface area contributed by atoms with Crippen LogP contribution in [0, 0.1) is 0 Å². The summed E-state index contributed by atoms with van der Waals surface area (Å²) in [7, 11) is 0. The van der Waals surface area contributed by atoms with Gasteiger partial charge in [0.1, 0.15) is 6.10 Å². The second-order valence-electron chi connectivity index (χ2n) is 5.59. The summed E-state index contributed by atoms with van der Waals surface area (Å²) in [5, 5.41) is 5.86. The lowest BCUT2D eigenvalue weighted by atomic mass is 10.0. The summed E-state index contributed by atoms with van der Waals surface area (Å²) in [5.41, 5.74) is 0. The highest BCUT2D eigenvalue weighted by Gasteiger charge is 2.36. The highest BCUT2D eigenvalue weighted by Crippen LogP contribution is 2.20. The number of hydrogen-bond donors (Lipinski definition) is 2. The van der Waals surface area contributed by atoms with Crippen LogP contribution in [0.25, 0.3) is 0 Å². The molecule has 0 radical (unpaired) electrons. The molecule has 3 aliphatic rings. The largest absolute Gasteiger partial charge is 0.366 e. The Labute approximate surface area is 112 Å². The quantitative estimate of drug-likeness (QED) is 0.705. The van der Waals surface area contributed by atoms with Crippen LogP contribution in [-0.4, -0.2) is 61.1 Å². The van der Waals surface area contributed by atoms with Gasteiger partial charge in [-0.15, -0.1) is 0 Å². The average molecular weight is 267 g/mol. The minimum atomic E-state index is -0.427. The third kappa shape index (κ3) is 3.06. The van der Waals surface area contributed by atoms with Crippen LogP contribution in [0.2, 0.25) is 0 Å². The lowest BCUT2D eigenvalue weighted by Crippen LogP contribution is -2.58. The molecule has 0 bridgehead atoms. The third-order valence-electron chi connectivity index (χ3n) is 4.01. The first kappa shape index (κ1) is 12.9. The molecule has 2 amide bonds. The molecule has 3 rings (SSSR count). The number of ether oxygens (including phenoxy) is 1. The Kier molecular flexibility index (Phi) is 3.70. The number of hydrogen-bond acceptors (Lipinski definition) is 4. The van der Waals surface area contributed by atoms with Crippen molar-refractivity contribution < 1.29 is 14.3 Å². The number of piperidine rings is 1. The predicted molar refractivity (Wildman–Crippen MR) is 68.5 cm³/mol. The number of rotatable bonds is 3. The summed E-state index contributed by atoms with van der Waals surface area (Å²) in [6.45, 7) is 2.54. The Hall–Kier alpha value is -1.14. The maximum Gasteiger partial charge on any atom is 0.250 e. The second kappa shape index (κ2) is 5.46. The van der Waals surface area contributed by atoms with E-state index < -0.39 is 6.10 Å². The smallest absolute Gasteiger partial charge is 0.250 e. The van der Waals surface area contributed by atoms with E-state index in [9.17, 15) is 9.59 Å². The molecule has 0 spiro atoms. The molecule has 2 N–H and O–H groups in total. The van der Waals surface area contributed by atoms with E-state index in [4.69, 9.17) is 4.74 Å². The van der Waals surface area contributed by atoms with Crippen molar-refractivity contribution in [2.24, 2.45) is 0 Å². The number of nitrogens with zero attached hydrogens (tertiary/aromatic N) is 1. The van der Waals surface area contributed by atoms with Crippen molar-refractivity contribution in [2.45, 2.75) is 43.9 Å². The minimum Gasteiger partial charge on any atom is -0.366 e. The standard InChI is InChI=1S/C13H21N3O3/c17-12-10(2-1-5-14-12)16-6-7-19-11(8-16)13(18)15-9-3-4-9/h9-11H,1-8H2,(H,14,17)(H,15,18). The van der Waals surface area contributed by atoms with E-state index in [0.29, 0.717) is 19.2 Å². The Morgan fingerprint density at radius 2 is 2.21 bits per heavy atom. The molecule has 1 aliphatic carbocycles. The topological polar surface area (TPSA) is 70.7 Å². The van der Waals surface area contributed by atoms with Crippen LogP contribution in [0.5, 0.6) is 0 Å². The zero-order chi connectivity index (χ0) is 13.2. The Morgan fingerprint density at radius 1 is 1.37 bits per heavy atom. The Bertz CT molecular complexity index is 370. The van der Waals surface area contributed by atoms with E-state index in [2.05, 4.69) is 15.5 Å². The summed E-state index contributed by atoms with van der Waals surface area (Å²) in [5.74, 6) is 0.0675. The van der Waals surface area contributed by atoms with Gasteiger partial charge in [0.05, 0.1) is 12.6 Å². The van der Waals surface area contributed by atoms with Crippen LogP contribution in [0.15, 0.2) is 0 Å². The molecule has 2 atom stereocenters. The van der Waals surface area contributed by atoms with Gasteiger partial charge in [-0.25, -0.2) is 0 Å². The van der Waals surface area contributed by atoms with E-state index in [-0.39, 0.29) is 17.9 Å². The highest BCUT2D eigenvalue weighted by atomic mass is 16.5. The molecule has 2 unspecified atom stereocenters. The number of nitrogens with one attached hydrogen (secondary N) is 2. The number of carbonyl (C=O) groups excluding carboxylic acids is 2. The van der Waals surface area contributed by atoms with Gasteiger partial charge in [0.2, 0.25) is 5.91 Å². The summed E-state index contributed by atoms with van der Waals surface area (Å²) >= 11 is 0. The molecule has 2 heterocycles. The fourth-order valence-corrected chi connectivity index (χ4v) is 2.74. The zero-order valence-electron chi connectivity index (χ0n) is 11.1. The fourth-order valence-electron chi connectivity index (χ4n) is 2.74. The van der Waals surface area contributed by atoms with Gasteiger partial charge in [-0.2, -0.15) is 0 Å². The van der Waals surface area contributed by atoms with Gasteiger partial charge in [0.25, 0.3) is 5.91 Å². The van der Waals surface area contributed by atoms with Gasteiger partial charge in [-0.05, 0) is 25.7 Å². The van der Waals surface area contributed by atoms with Gasteiger partial charge in [-0.3, -0.25) is 14.5 Å². The molecule has 106 valence electrons.